The number of ether oxygens (including phenoxy) is 2. The summed E-state index contributed by atoms with van der Waals surface area (Å²) < 4.78 is 33.9. The Kier molecular flexibility index (Phi) is 45.5. The van der Waals surface area contributed by atoms with E-state index >= 15 is 0 Å². The average Bonchev–Trinajstić information content (AvgIpc) is 3.25. The standard InChI is InChI=1S/C54H104NO8P/c1-6-8-10-12-14-15-16-17-18-19-20-21-22-23-24-25-26-27-28-29-30-31-32-33-34-35-36-37-38-39-41-43-45-47-54(57)63-52(51-62-64(58,59)61-49-48-55(3,4)5)50-60-53(56)46-44-42-40-13-11-9-7-2/h16-17,19-20,52H,6-15,18,21-51H2,1-5H3/b17-16-,20-19-. The highest BCUT2D eigenvalue weighted by atomic mass is 31.2. The number of hydrogen-bond acceptors (Lipinski definition) is 8. The van der Waals surface area contributed by atoms with E-state index < -0.39 is 26.5 Å². The summed E-state index contributed by atoms with van der Waals surface area (Å²) in [6, 6.07) is 0. The summed E-state index contributed by atoms with van der Waals surface area (Å²) in [7, 11) is 1.18. The fourth-order valence-corrected chi connectivity index (χ4v) is 8.48. The minimum absolute atomic E-state index is 0.0276. The predicted molar refractivity (Wildman–Crippen MR) is 268 cm³/mol. The molecule has 378 valence electrons. The summed E-state index contributed by atoms with van der Waals surface area (Å²) in [4.78, 5) is 37.4. The van der Waals surface area contributed by atoms with Gasteiger partial charge in [-0.2, -0.15) is 0 Å². The van der Waals surface area contributed by atoms with Crippen molar-refractivity contribution in [2.75, 3.05) is 47.5 Å². The fraction of sp³-hybridized carbons (Fsp3) is 0.889. The van der Waals surface area contributed by atoms with Crippen LogP contribution in [0.1, 0.15) is 258 Å². The lowest BCUT2D eigenvalue weighted by Gasteiger charge is -2.28. The molecule has 0 aliphatic rings. The van der Waals surface area contributed by atoms with E-state index in [4.69, 9.17) is 18.5 Å². The lowest BCUT2D eigenvalue weighted by atomic mass is 10.0. The minimum Gasteiger partial charge on any atom is -0.756 e. The Bertz CT molecular complexity index is 1140. The van der Waals surface area contributed by atoms with Gasteiger partial charge in [-0.05, 0) is 44.9 Å². The number of esters is 2. The predicted octanol–water partition coefficient (Wildman–Crippen LogP) is 15.6. The normalized spacial score (nSPS) is 13.5. The number of carbonyl (C=O) groups excluding carboxylic acids is 2. The van der Waals surface area contributed by atoms with Crippen molar-refractivity contribution in [3.8, 4) is 0 Å². The Morgan fingerprint density at radius 3 is 1.23 bits per heavy atom. The van der Waals surface area contributed by atoms with Crippen LogP contribution >= 0.6 is 7.82 Å². The van der Waals surface area contributed by atoms with Crippen molar-refractivity contribution in [2.45, 2.75) is 264 Å². The maximum Gasteiger partial charge on any atom is 0.306 e. The largest absolute Gasteiger partial charge is 0.756 e. The second-order valence-corrected chi connectivity index (χ2v) is 21.0. The van der Waals surface area contributed by atoms with Crippen LogP contribution in [0.4, 0.5) is 0 Å². The minimum atomic E-state index is -4.62. The molecule has 0 aromatic heterocycles. The lowest BCUT2D eigenvalue weighted by Crippen LogP contribution is -2.37. The van der Waals surface area contributed by atoms with Gasteiger partial charge in [-0.3, -0.25) is 14.2 Å². The van der Waals surface area contributed by atoms with Crippen molar-refractivity contribution < 1.29 is 42.1 Å². The number of carbonyl (C=O) groups is 2. The molecule has 2 unspecified atom stereocenters. The van der Waals surface area contributed by atoms with Crippen LogP contribution in [0, 0.1) is 0 Å². The number of nitrogens with zero attached hydrogens (tertiary/aromatic N) is 1. The molecule has 0 fully saturated rings. The van der Waals surface area contributed by atoms with E-state index in [1.807, 2.05) is 21.1 Å². The zero-order valence-corrected chi connectivity index (χ0v) is 43.6. The summed E-state index contributed by atoms with van der Waals surface area (Å²) >= 11 is 0. The van der Waals surface area contributed by atoms with E-state index in [2.05, 4.69) is 38.2 Å². The van der Waals surface area contributed by atoms with Crippen LogP contribution in [-0.2, 0) is 32.7 Å². The molecule has 0 rings (SSSR count). The highest BCUT2D eigenvalue weighted by molar-refractivity contribution is 7.45. The van der Waals surface area contributed by atoms with Gasteiger partial charge in [-0.25, -0.2) is 0 Å². The molecule has 0 aromatic rings. The molecule has 0 saturated heterocycles. The van der Waals surface area contributed by atoms with Crippen LogP contribution in [0.15, 0.2) is 24.3 Å². The number of allylic oxidation sites excluding steroid dienone is 4. The van der Waals surface area contributed by atoms with Crippen LogP contribution in [0.3, 0.4) is 0 Å². The molecule has 0 N–H and O–H groups in total. The van der Waals surface area contributed by atoms with Crippen LogP contribution in [0.25, 0.3) is 0 Å². The molecule has 2 atom stereocenters. The first-order chi connectivity index (χ1) is 31.0. The van der Waals surface area contributed by atoms with Gasteiger partial charge in [0.25, 0.3) is 7.82 Å². The molecule has 64 heavy (non-hydrogen) atoms. The Morgan fingerprint density at radius 2 is 0.844 bits per heavy atom. The smallest absolute Gasteiger partial charge is 0.306 e. The molecule has 0 aromatic carbocycles. The van der Waals surface area contributed by atoms with Gasteiger partial charge in [0, 0.05) is 12.8 Å². The van der Waals surface area contributed by atoms with Crippen LogP contribution in [0.5, 0.6) is 0 Å². The first-order valence-electron chi connectivity index (χ1n) is 27.0. The molecule has 0 bridgehead atoms. The molecular formula is C54H104NO8P. The molecule has 0 aliphatic heterocycles. The van der Waals surface area contributed by atoms with Gasteiger partial charge >= 0.3 is 11.9 Å². The van der Waals surface area contributed by atoms with Crippen molar-refractivity contribution in [1.82, 2.24) is 0 Å². The van der Waals surface area contributed by atoms with Gasteiger partial charge in [0.2, 0.25) is 0 Å². The van der Waals surface area contributed by atoms with E-state index in [0.29, 0.717) is 17.4 Å². The van der Waals surface area contributed by atoms with E-state index in [1.165, 1.54) is 186 Å². The number of unbranched alkanes of at least 4 members (excludes halogenated alkanes) is 32. The topological polar surface area (TPSA) is 111 Å². The molecule has 0 spiro atoms. The fourth-order valence-electron chi connectivity index (χ4n) is 7.75. The van der Waals surface area contributed by atoms with Crippen molar-refractivity contribution in [1.29, 1.82) is 0 Å². The molecule has 0 radical (unpaired) electrons. The van der Waals surface area contributed by atoms with Gasteiger partial charge in [-0.15, -0.1) is 0 Å². The molecule has 0 heterocycles. The Labute approximate surface area is 396 Å². The third-order valence-electron chi connectivity index (χ3n) is 12.0. The number of phosphoric acid groups is 1. The number of hydrogen-bond donors (Lipinski definition) is 0. The highest BCUT2D eigenvalue weighted by Gasteiger charge is 2.21. The molecule has 0 aliphatic carbocycles. The quantitative estimate of drug-likeness (QED) is 0.0195. The third-order valence-corrected chi connectivity index (χ3v) is 12.9. The first kappa shape index (κ1) is 62.5. The Morgan fingerprint density at radius 1 is 0.484 bits per heavy atom. The van der Waals surface area contributed by atoms with Gasteiger partial charge in [0.1, 0.15) is 19.8 Å². The van der Waals surface area contributed by atoms with E-state index in [1.54, 1.807) is 0 Å². The maximum atomic E-state index is 12.7. The van der Waals surface area contributed by atoms with Crippen molar-refractivity contribution in [2.24, 2.45) is 0 Å². The second-order valence-electron chi connectivity index (χ2n) is 19.6. The molecular weight excluding hydrogens is 822 g/mol. The second kappa shape index (κ2) is 46.6. The molecule has 0 saturated carbocycles. The van der Waals surface area contributed by atoms with E-state index in [9.17, 15) is 19.0 Å². The molecule has 9 nitrogen and oxygen atoms in total. The summed E-state index contributed by atoms with van der Waals surface area (Å²) in [6.45, 7) is 4.20. The Balaban J connectivity index is 3.87. The third kappa shape index (κ3) is 49.9. The van der Waals surface area contributed by atoms with Gasteiger partial charge in [0.15, 0.2) is 6.10 Å². The highest BCUT2D eigenvalue weighted by Crippen LogP contribution is 2.38. The van der Waals surface area contributed by atoms with Gasteiger partial charge in [-0.1, -0.05) is 224 Å². The van der Waals surface area contributed by atoms with Crippen molar-refractivity contribution in [3.05, 3.63) is 24.3 Å². The number of likely N-dealkylation sites (N-methyl/N-ethyl adjacent to an activating group) is 1. The summed E-state index contributed by atoms with van der Waals surface area (Å²) in [6.07, 6.45) is 54.1. The average molecular weight is 926 g/mol. The monoisotopic (exact) mass is 926 g/mol. The number of quaternary nitrogens is 1. The van der Waals surface area contributed by atoms with Crippen LogP contribution < -0.4 is 4.89 Å². The number of phosphoric ester groups is 1. The van der Waals surface area contributed by atoms with Crippen LogP contribution in [0.2, 0.25) is 0 Å². The molecule has 10 heteroatoms. The van der Waals surface area contributed by atoms with Crippen molar-refractivity contribution >= 4 is 19.8 Å². The summed E-state index contributed by atoms with van der Waals surface area (Å²) in [5.74, 6) is -0.829. The summed E-state index contributed by atoms with van der Waals surface area (Å²) in [5, 5.41) is 0. The lowest BCUT2D eigenvalue weighted by molar-refractivity contribution is -0.870. The van der Waals surface area contributed by atoms with Crippen LogP contribution in [-0.4, -0.2) is 70.0 Å². The van der Waals surface area contributed by atoms with E-state index in [-0.39, 0.29) is 32.0 Å². The van der Waals surface area contributed by atoms with E-state index in [0.717, 1.165) is 38.5 Å². The van der Waals surface area contributed by atoms with Gasteiger partial charge < -0.3 is 27.9 Å². The SMILES string of the molecule is CCCCCCC/C=C\C/C=C\CCCCCCCCCCCCCCCCCCCCCCCC(=O)OC(COC(=O)CCCCCCCCC)COP(=O)([O-])OCC[N+](C)(C)C. The number of rotatable bonds is 50. The Hall–Kier alpha value is -1.51. The van der Waals surface area contributed by atoms with Crippen molar-refractivity contribution in [3.63, 3.8) is 0 Å². The van der Waals surface area contributed by atoms with Gasteiger partial charge in [0.05, 0.1) is 27.7 Å². The maximum absolute atomic E-state index is 12.7. The zero-order chi connectivity index (χ0) is 47.1. The molecule has 0 amide bonds. The summed E-state index contributed by atoms with van der Waals surface area (Å²) in [5.41, 5.74) is 0. The first-order valence-corrected chi connectivity index (χ1v) is 28.5. The zero-order valence-electron chi connectivity index (χ0n) is 42.7.